The molecule has 0 bridgehead atoms. The SMILES string of the molecule is O=C(OCC(=O)N1CCCc2cc([N+](=O)[O-])ccc21)c1ccccc1OC(F)F. The van der Waals surface area contributed by atoms with Gasteiger partial charge in [0.2, 0.25) is 0 Å². The number of amides is 1. The summed E-state index contributed by atoms with van der Waals surface area (Å²) in [4.78, 5) is 36.5. The zero-order chi connectivity index (χ0) is 21.0. The molecule has 152 valence electrons. The number of carbonyl (C=O) groups excluding carboxylic acids is 2. The Morgan fingerprint density at radius 2 is 1.97 bits per heavy atom. The summed E-state index contributed by atoms with van der Waals surface area (Å²) in [6.07, 6.45) is 1.18. The molecule has 2 aromatic carbocycles. The van der Waals surface area contributed by atoms with Gasteiger partial charge in [0.25, 0.3) is 11.6 Å². The van der Waals surface area contributed by atoms with Gasteiger partial charge in [0, 0.05) is 24.4 Å². The number of benzene rings is 2. The van der Waals surface area contributed by atoms with Gasteiger partial charge in [-0.15, -0.1) is 0 Å². The molecule has 1 amide bonds. The van der Waals surface area contributed by atoms with Crippen LogP contribution in [-0.4, -0.2) is 36.6 Å². The normalized spacial score (nSPS) is 13.0. The number of anilines is 1. The third kappa shape index (κ3) is 4.65. The molecule has 2 aromatic rings. The lowest BCUT2D eigenvalue weighted by atomic mass is 10.0. The summed E-state index contributed by atoms with van der Waals surface area (Å²) in [5, 5.41) is 10.9. The fourth-order valence-electron chi connectivity index (χ4n) is 3.07. The van der Waals surface area contributed by atoms with E-state index in [1.54, 1.807) is 0 Å². The highest BCUT2D eigenvalue weighted by atomic mass is 19.3. The molecular weight excluding hydrogens is 390 g/mol. The van der Waals surface area contributed by atoms with Crippen LogP contribution >= 0.6 is 0 Å². The van der Waals surface area contributed by atoms with Crippen molar-refractivity contribution in [3.8, 4) is 5.75 Å². The number of rotatable bonds is 6. The standard InChI is InChI=1S/C19H16F2N2O6/c20-19(21)29-16-6-2-1-5-14(16)18(25)28-11-17(24)22-9-3-4-12-10-13(23(26)27)7-8-15(12)22/h1-2,5-8,10,19H,3-4,9,11H2. The third-order valence-electron chi connectivity index (χ3n) is 4.34. The predicted molar refractivity (Wildman–Crippen MR) is 97.1 cm³/mol. The molecule has 0 spiro atoms. The highest BCUT2D eigenvalue weighted by molar-refractivity contribution is 5.98. The van der Waals surface area contributed by atoms with E-state index in [2.05, 4.69) is 4.74 Å². The van der Waals surface area contributed by atoms with E-state index in [1.807, 2.05) is 0 Å². The van der Waals surface area contributed by atoms with Crippen LogP contribution in [0.5, 0.6) is 5.75 Å². The van der Waals surface area contributed by atoms with Crippen molar-refractivity contribution < 1.29 is 32.8 Å². The van der Waals surface area contributed by atoms with Crippen LogP contribution in [0.4, 0.5) is 20.2 Å². The van der Waals surface area contributed by atoms with Crippen molar-refractivity contribution in [2.24, 2.45) is 0 Å². The van der Waals surface area contributed by atoms with Crippen LogP contribution in [0.2, 0.25) is 0 Å². The van der Waals surface area contributed by atoms with Gasteiger partial charge in [-0.2, -0.15) is 8.78 Å². The van der Waals surface area contributed by atoms with Crippen LogP contribution < -0.4 is 9.64 Å². The van der Waals surface area contributed by atoms with E-state index < -0.39 is 30.0 Å². The molecule has 29 heavy (non-hydrogen) atoms. The summed E-state index contributed by atoms with van der Waals surface area (Å²) < 4.78 is 34.2. The Kier molecular flexibility index (Phi) is 6.01. The van der Waals surface area contributed by atoms with Gasteiger partial charge < -0.3 is 14.4 Å². The Bertz CT molecular complexity index is 950. The molecule has 0 fully saturated rings. The number of hydrogen-bond acceptors (Lipinski definition) is 6. The summed E-state index contributed by atoms with van der Waals surface area (Å²) in [5.41, 5.74) is 0.875. The van der Waals surface area contributed by atoms with Gasteiger partial charge in [-0.1, -0.05) is 12.1 Å². The average Bonchev–Trinajstić information content (AvgIpc) is 2.70. The van der Waals surface area contributed by atoms with E-state index in [0.29, 0.717) is 30.6 Å². The number of aryl methyl sites for hydroxylation is 1. The quantitative estimate of drug-likeness (QED) is 0.415. The van der Waals surface area contributed by atoms with Crippen molar-refractivity contribution in [2.45, 2.75) is 19.5 Å². The number of halogens is 2. The summed E-state index contributed by atoms with van der Waals surface area (Å²) >= 11 is 0. The number of carbonyl (C=O) groups is 2. The lowest BCUT2D eigenvalue weighted by Crippen LogP contribution is -2.38. The molecule has 1 aliphatic rings. The molecule has 1 heterocycles. The maximum Gasteiger partial charge on any atom is 0.387 e. The molecule has 3 rings (SSSR count). The molecule has 0 radical (unpaired) electrons. The monoisotopic (exact) mass is 406 g/mol. The second-order valence-corrected chi connectivity index (χ2v) is 6.17. The topological polar surface area (TPSA) is 99.0 Å². The Balaban J connectivity index is 1.70. The first-order valence-corrected chi connectivity index (χ1v) is 8.65. The zero-order valence-electron chi connectivity index (χ0n) is 15.0. The second kappa shape index (κ2) is 8.63. The number of alkyl halides is 2. The number of para-hydroxylation sites is 1. The Morgan fingerprint density at radius 3 is 2.69 bits per heavy atom. The van der Waals surface area contributed by atoms with E-state index in [4.69, 9.17) is 4.74 Å². The number of non-ortho nitro benzene ring substituents is 1. The van der Waals surface area contributed by atoms with E-state index >= 15 is 0 Å². The number of esters is 1. The smallest absolute Gasteiger partial charge is 0.387 e. The van der Waals surface area contributed by atoms with Crippen LogP contribution in [-0.2, 0) is 16.0 Å². The average molecular weight is 406 g/mol. The molecule has 0 N–H and O–H groups in total. The predicted octanol–water partition coefficient (Wildman–Crippen LogP) is 3.33. The molecular formula is C19H16F2N2O6. The lowest BCUT2D eigenvalue weighted by Gasteiger charge is -2.29. The minimum atomic E-state index is -3.11. The number of fused-ring (bicyclic) bond motifs is 1. The molecule has 0 atom stereocenters. The first-order valence-electron chi connectivity index (χ1n) is 8.65. The first-order chi connectivity index (χ1) is 13.9. The van der Waals surface area contributed by atoms with Crippen LogP contribution in [0.3, 0.4) is 0 Å². The number of nitrogens with zero attached hydrogens (tertiary/aromatic N) is 2. The summed E-state index contributed by atoms with van der Waals surface area (Å²) in [6.45, 7) is -3.36. The van der Waals surface area contributed by atoms with Crippen LogP contribution in [0.25, 0.3) is 0 Å². The Morgan fingerprint density at radius 1 is 1.21 bits per heavy atom. The fourth-order valence-corrected chi connectivity index (χ4v) is 3.07. The van der Waals surface area contributed by atoms with E-state index in [1.165, 1.54) is 47.4 Å². The Labute approximate surface area is 163 Å². The van der Waals surface area contributed by atoms with Crippen molar-refractivity contribution in [2.75, 3.05) is 18.1 Å². The van der Waals surface area contributed by atoms with Gasteiger partial charge in [-0.25, -0.2) is 4.79 Å². The molecule has 10 heteroatoms. The largest absolute Gasteiger partial charge is 0.452 e. The maximum atomic E-state index is 12.5. The van der Waals surface area contributed by atoms with Crippen molar-refractivity contribution in [3.05, 3.63) is 63.7 Å². The zero-order valence-corrected chi connectivity index (χ0v) is 15.0. The van der Waals surface area contributed by atoms with Gasteiger partial charge in [0.1, 0.15) is 11.3 Å². The van der Waals surface area contributed by atoms with E-state index in [-0.39, 0.29) is 17.0 Å². The molecule has 1 aliphatic heterocycles. The first kappa shape index (κ1) is 20.2. The maximum absolute atomic E-state index is 12.5. The lowest BCUT2D eigenvalue weighted by molar-refractivity contribution is -0.384. The van der Waals surface area contributed by atoms with Crippen LogP contribution in [0.1, 0.15) is 22.3 Å². The number of hydrogen-bond donors (Lipinski definition) is 0. The Hall–Kier alpha value is -3.56. The second-order valence-electron chi connectivity index (χ2n) is 6.17. The van der Waals surface area contributed by atoms with Crippen molar-refractivity contribution >= 4 is 23.3 Å². The number of nitro groups is 1. The van der Waals surface area contributed by atoms with Gasteiger partial charge in [-0.3, -0.25) is 14.9 Å². The molecule has 0 saturated carbocycles. The van der Waals surface area contributed by atoms with Gasteiger partial charge in [0.15, 0.2) is 6.61 Å². The minimum absolute atomic E-state index is 0.0693. The van der Waals surface area contributed by atoms with Gasteiger partial charge in [-0.05, 0) is 36.6 Å². The van der Waals surface area contributed by atoms with Gasteiger partial charge in [0.05, 0.1) is 4.92 Å². The van der Waals surface area contributed by atoms with E-state index in [9.17, 15) is 28.5 Å². The highest BCUT2D eigenvalue weighted by Crippen LogP contribution is 2.30. The summed E-state index contributed by atoms with van der Waals surface area (Å²) in [7, 11) is 0. The summed E-state index contributed by atoms with van der Waals surface area (Å²) in [6, 6.07) is 9.51. The van der Waals surface area contributed by atoms with Crippen molar-refractivity contribution in [1.29, 1.82) is 0 Å². The van der Waals surface area contributed by atoms with Crippen LogP contribution in [0, 0.1) is 10.1 Å². The minimum Gasteiger partial charge on any atom is -0.452 e. The highest BCUT2D eigenvalue weighted by Gasteiger charge is 2.26. The number of ether oxygens (including phenoxy) is 2. The van der Waals surface area contributed by atoms with E-state index in [0.717, 1.165) is 0 Å². The number of nitro benzene ring substituents is 1. The molecule has 0 aliphatic carbocycles. The van der Waals surface area contributed by atoms with Gasteiger partial charge >= 0.3 is 12.6 Å². The summed E-state index contributed by atoms with van der Waals surface area (Å²) in [5.74, 6) is -1.86. The third-order valence-corrected chi connectivity index (χ3v) is 4.34. The molecule has 8 nitrogen and oxygen atoms in total. The fraction of sp³-hybridized carbons (Fsp3) is 0.263. The van der Waals surface area contributed by atoms with Crippen LogP contribution in [0.15, 0.2) is 42.5 Å². The molecule has 0 aromatic heterocycles. The molecule has 0 unspecified atom stereocenters. The van der Waals surface area contributed by atoms with Crippen molar-refractivity contribution in [3.63, 3.8) is 0 Å². The molecule has 0 saturated heterocycles. The van der Waals surface area contributed by atoms with Crippen molar-refractivity contribution in [1.82, 2.24) is 0 Å².